The van der Waals surface area contributed by atoms with E-state index < -0.39 is 5.97 Å². The smallest absolute Gasteiger partial charge is 0.335 e. The van der Waals surface area contributed by atoms with Crippen LogP contribution in [0, 0.1) is 0 Å². The van der Waals surface area contributed by atoms with Crippen LogP contribution >= 0.6 is 35.6 Å². The normalized spacial score (nSPS) is 15.2. The minimum absolute atomic E-state index is 0.200. The maximum absolute atomic E-state index is 12.8. The average Bonchev–Trinajstić information content (AvgIpc) is 3.30. The molecule has 1 aliphatic rings. The second-order valence-electron chi connectivity index (χ2n) is 6.44. The summed E-state index contributed by atoms with van der Waals surface area (Å²) in [7, 11) is 0. The van der Waals surface area contributed by atoms with Gasteiger partial charge in [-0.15, -0.1) is 0 Å². The van der Waals surface area contributed by atoms with E-state index >= 15 is 0 Å². The predicted molar refractivity (Wildman–Crippen MR) is 121 cm³/mol. The van der Waals surface area contributed by atoms with Crippen LogP contribution in [-0.2, 0) is 11.3 Å². The van der Waals surface area contributed by atoms with E-state index in [0.29, 0.717) is 32.3 Å². The van der Waals surface area contributed by atoms with Crippen molar-refractivity contribution in [2.75, 3.05) is 0 Å². The Morgan fingerprint density at radius 2 is 1.87 bits per heavy atom. The van der Waals surface area contributed by atoms with Crippen LogP contribution in [0.3, 0.4) is 0 Å². The van der Waals surface area contributed by atoms with Crippen molar-refractivity contribution in [3.8, 4) is 11.3 Å². The van der Waals surface area contributed by atoms with Gasteiger partial charge in [-0.3, -0.25) is 9.69 Å². The predicted octanol–water partition coefficient (Wildman–Crippen LogP) is 5.70. The van der Waals surface area contributed by atoms with Crippen molar-refractivity contribution in [3.05, 3.63) is 87.5 Å². The second-order valence-corrected chi connectivity index (χ2v) is 8.53. The summed E-state index contributed by atoms with van der Waals surface area (Å²) in [5.74, 6) is -0.107. The first kappa shape index (κ1) is 20.4. The van der Waals surface area contributed by atoms with Crippen molar-refractivity contribution in [1.82, 2.24) is 4.90 Å². The van der Waals surface area contributed by atoms with Crippen molar-refractivity contribution < 1.29 is 19.1 Å². The van der Waals surface area contributed by atoms with Crippen molar-refractivity contribution in [1.29, 1.82) is 0 Å². The number of aromatic carboxylic acids is 1. The number of furan rings is 1. The molecule has 1 fully saturated rings. The van der Waals surface area contributed by atoms with Crippen LogP contribution in [0.4, 0.5) is 0 Å². The van der Waals surface area contributed by atoms with Gasteiger partial charge in [0.05, 0.1) is 17.0 Å². The molecule has 0 spiro atoms. The van der Waals surface area contributed by atoms with E-state index in [-0.39, 0.29) is 11.5 Å². The Bertz CT molecular complexity index is 1180. The van der Waals surface area contributed by atoms with Gasteiger partial charge in [-0.1, -0.05) is 65.9 Å². The summed E-state index contributed by atoms with van der Waals surface area (Å²) >= 11 is 12.8. The lowest BCUT2D eigenvalue weighted by Gasteiger charge is -2.15. The highest BCUT2D eigenvalue weighted by molar-refractivity contribution is 8.26. The lowest BCUT2D eigenvalue weighted by molar-refractivity contribution is -0.122. The van der Waals surface area contributed by atoms with Gasteiger partial charge in [-0.2, -0.15) is 0 Å². The zero-order valence-electron chi connectivity index (χ0n) is 15.4. The zero-order valence-corrected chi connectivity index (χ0v) is 17.8. The van der Waals surface area contributed by atoms with E-state index in [1.807, 2.05) is 18.2 Å². The van der Waals surface area contributed by atoms with Gasteiger partial charge in [0, 0.05) is 16.7 Å². The van der Waals surface area contributed by atoms with E-state index in [2.05, 4.69) is 0 Å². The number of nitrogens with zero attached hydrogens (tertiary/aromatic N) is 1. The third-order valence-electron chi connectivity index (χ3n) is 4.48. The molecule has 2 heterocycles. The lowest BCUT2D eigenvalue weighted by Crippen LogP contribution is -2.27. The fraction of sp³-hybridized carbons (Fsp3) is 0.0455. The third-order valence-corrected chi connectivity index (χ3v) is 6.22. The third kappa shape index (κ3) is 4.18. The number of rotatable bonds is 5. The highest BCUT2D eigenvalue weighted by Gasteiger charge is 2.32. The van der Waals surface area contributed by atoms with E-state index in [0.717, 1.165) is 11.1 Å². The minimum atomic E-state index is -0.986. The molecule has 1 aromatic heterocycles. The molecular weight excluding hydrogens is 442 g/mol. The summed E-state index contributed by atoms with van der Waals surface area (Å²) in [5, 5.41) is 9.58. The van der Waals surface area contributed by atoms with Gasteiger partial charge in [0.15, 0.2) is 0 Å². The van der Waals surface area contributed by atoms with Crippen molar-refractivity contribution in [2.24, 2.45) is 0 Å². The number of thiocarbonyl (C=S) groups is 1. The van der Waals surface area contributed by atoms with Crippen LogP contribution in [0.1, 0.15) is 21.7 Å². The van der Waals surface area contributed by atoms with Crippen LogP contribution in [0.5, 0.6) is 0 Å². The number of hydrogen-bond acceptors (Lipinski definition) is 5. The summed E-state index contributed by atoms with van der Waals surface area (Å²) in [6, 6.07) is 17.2. The molecule has 1 saturated heterocycles. The number of carbonyl (C=O) groups is 2. The molecule has 0 unspecified atom stereocenters. The van der Waals surface area contributed by atoms with Crippen molar-refractivity contribution >= 4 is 57.9 Å². The molecule has 0 bridgehead atoms. The van der Waals surface area contributed by atoms with Gasteiger partial charge in [-0.25, -0.2) is 4.79 Å². The average molecular weight is 456 g/mol. The fourth-order valence-corrected chi connectivity index (χ4v) is 4.36. The van der Waals surface area contributed by atoms with Gasteiger partial charge in [-0.05, 0) is 35.9 Å². The summed E-state index contributed by atoms with van der Waals surface area (Å²) in [5.41, 5.74) is 1.76. The molecular formula is C22H14ClNO4S2. The van der Waals surface area contributed by atoms with E-state index in [1.165, 1.54) is 28.8 Å². The van der Waals surface area contributed by atoms with Crippen LogP contribution in [0.15, 0.2) is 70.0 Å². The molecule has 1 N–H and O–H groups in total. The van der Waals surface area contributed by atoms with Crippen molar-refractivity contribution in [2.45, 2.75) is 6.54 Å². The van der Waals surface area contributed by atoms with Gasteiger partial charge in [0.1, 0.15) is 15.8 Å². The Hall–Kier alpha value is -2.87. The number of carboxylic acids is 1. The first-order valence-electron chi connectivity index (χ1n) is 8.85. The van der Waals surface area contributed by atoms with Gasteiger partial charge in [0.2, 0.25) is 0 Å². The number of carbonyl (C=O) groups excluding carboxylic acids is 1. The number of halogens is 1. The second kappa shape index (κ2) is 8.47. The molecule has 2 aromatic carbocycles. The van der Waals surface area contributed by atoms with Gasteiger partial charge >= 0.3 is 5.97 Å². The molecule has 3 aromatic rings. The molecule has 1 amide bonds. The summed E-state index contributed by atoms with van der Waals surface area (Å²) < 4.78 is 6.28. The Kier molecular flexibility index (Phi) is 5.76. The standard InChI is InChI=1S/C22H14ClNO4S2/c23-17-4-2-1-3-15(17)12-24-20(25)19(30-22(24)29)11-16-9-10-18(28-16)13-5-7-14(8-6-13)21(26)27/h1-11H,12H2,(H,26,27)/b19-11-. The van der Waals surface area contributed by atoms with E-state index in [1.54, 1.807) is 36.4 Å². The summed E-state index contributed by atoms with van der Waals surface area (Å²) in [6.07, 6.45) is 1.65. The van der Waals surface area contributed by atoms with Crippen molar-refractivity contribution in [3.63, 3.8) is 0 Å². The zero-order chi connectivity index (χ0) is 21.3. The summed E-state index contributed by atoms with van der Waals surface area (Å²) in [6.45, 7) is 0.307. The molecule has 5 nitrogen and oxygen atoms in total. The topological polar surface area (TPSA) is 70.8 Å². The molecule has 1 aliphatic heterocycles. The number of carboxylic acid groups (broad SMARTS) is 1. The maximum Gasteiger partial charge on any atom is 0.335 e. The molecule has 150 valence electrons. The first-order valence-corrected chi connectivity index (χ1v) is 10.4. The molecule has 30 heavy (non-hydrogen) atoms. The monoisotopic (exact) mass is 455 g/mol. The Morgan fingerprint density at radius 3 is 2.57 bits per heavy atom. The Morgan fingerprint density at radius 1 is 1.13 bits per heavy atom. The van der Waals surface area contributed by atoms with Crippen LogP contribution in [-0.4, -0.2) is 26.2 Å². The molecule has 4 rings (SSSR count). The summed E-state index contributed by atoms with van der Waals surface area (Å²) in [4.78, 5) is 25.8. The lowest BCUT2D eigenvalue weighted by atomic mass is 10.1. The molecule has 0 radical (unpaired) electrons. The number of thioether (sulfide) groups is 1. The molecule has 0 aliphatic carbocycles. The van der Waals surface area contributed by atoms with E-state index in [9.17, 15) is 9.59 Å². The molecule has 8 heteroatoms. The van der Waals surface area contributed by atoms with Gasteiger partial charge in [0.25, 0.3) is 5.91 Å². The highest BCUT2D eigenvalue weighted by Crippen LogP contribution is 2.35. The van der Waals surface area contributed by atoms with Crippen LogP contribution in [0.25, 0.3) is 17.4 Å². The SMILES string of the molecule is O=C(O)c1ccc(-c2ccc(/C=C3\SC(=S)N(Cc4ccccc4Cl)C3=O)o2)cc1. The first-order chi connectivity index (χ1) is 14.4. The Balaban J connectivity index is 1.53. The number of amides is 1. The molecule has 0 saturated carbocycles. The number of hydrogen-bond donors (Lipinski definition) is 1. The van der Waals surface area contributed by atoms with Gasteiger partial charge < -0.3 is 9.52 Å². The quantitative estimate of drug-likeness (QED) is 0.393. The molecule has 0 atom stereocenters. The maximum atomic E-state index is 12.8. The minimum Gasteiger partial charge on any atom is -0.478 e. The number of benzene rings is 2. The largest absolute Gasteiger partial charge is 0.478 e. The highest BCUT2D eigenvalue weighted by atomic mass is 35.5. The van der Waals surface area contributed by atoms with Crippen LogP contribution < -0.4 is 0 Å². The van der Waals surface area contributed by atoms with E-state index in [4.69, 9.17) is 33.3 Å². The fourth-order valence-electron chi connectivity index (χ4n) is 2.93. The Labute approximate surface area is 186 Å². The van der Waals surface area contributed by atoms with Crippen LogP contribution in [0.2, 0.25) is 5.02 Å².